The Balaban J connectivity index is 2.45. The van der Waals surface area contributed by atoms with E-state index in [1.807, 2.05) is 0 Å². The Hall–Kier alpha value is -1.60. The van der Waals surface area contributed by atoms with Crippen molar-refractivity contribution in [3.8, 4) is 0 Å². The van der Waals surface area contributed by atoms with Gasteiger partial charge in [-0.2, -0.15) is 0 Å². The standard InChI is InChI=1S/C14H12O/c1-9-5-12-7-10(8-15)6-11-3-2-4-13(9)14(11)12/h2-7,15H,8H2,1H3. The molecule has 0 radical (unpaired) electrons. The molecule has 0 bridgehead atoms. The molecule has 0 spiro atoms. The Bertz CT molecular complexity index is 579. The van der Waals surface area contributed by atoms with Crippen molar-refractivity contribution in [2.45, 2.75) is 13.5 Å². The van der Waals surface area contributed by atoms with Crippen LogP contribution in [0.25, 0.3) is 22.4 Å². The highest BCUT2D eigenvalue weighted by Crippen LogP contribution is 2.36. The van der Waals surface area contributed by atoms with Crippen LogP contribution >= 0.6 is 0 Å². The van der Waals surface area contributed by atoms with E-state index in [1.54, 1.807) is 0 Å². The molecule has 2 aromatic rings. The summed E-state index contributed by atoms with van der Waals surface area (Å²) < 4.78 is 0. The van der Waals surface area contributed by atoms with E-state index in [0.717, 1.165) is 5.56 Å². The lowest BCUT2D eigenvalue weighted by atomic mass is 10.0. The molecular weight excluding hydrogens is 184 g/mol. The van der Waals surface area contributed by atoms with Crippen LogP contribution in [0.15, 0.2) is 30.3 Å². The highest BCUT2D eigenvalue weighted by Gasteiger charge is 2.13. The number of hydrogen-bond acceptors (Lipinski definition) is 1. The predicted molar refractivity (Wildman–Crippen MR) is 63.4 cm³/mol. The molecule has 3 rings (SSSR count). The third-order valence-electron chi connectivity index (χ3n) is 3.05. The minimum Gasteiger partial charge on any atom is -0.392 e. The van der Waals surface area contributed by atoms with Crippen LogP contribution in [0.1, 0.15) is 23.6 Å². The first-order chi connectivity index (χ1) is 7.29. The van der Waals surface area contributed by atoms with Crippen LogP contribution in [0, 0.1) is 0 Å². The molecule has 0 aliphatic heterocycles. The summed E-state index contributed by atoms with van der Waals surface area (Å²) >= 11 is 0. The Labute approximate surface area is 88.7 Å². The van der Waals surface area contributed by atoms with E-state index in [-0.39, 0.29) is 6.61 Å². The van der Waals surface area contributed by atoms with Crippen LogP contribution in [0.5, 0.6) is 0 Å². The summed E-state index contributed by atoms with van der Waals surface area (Å²) in [6.07, 6.45) is 2.19. The molecule has 0 aromatic heterocycles. The lowest BCUT2D eigenvalue weighted by Gasteiger charge is -2.05. The average Bonchev–Trinajstić information content (AvgIpc) is 2.58. The van der Waals surface area contributed by atoms with Gasteiger partial charge < -0.3 is 5.11 Å². The Morgan fingerprint density at radius 1 is 1.20 bits per heavy atom. The van der Waals surface area contributed by atoms with Crippen molar-refractivity contribution in [2.24, 2.45) is 0 Å². The second kappa shape index (κ2) is 2.94. The highest BCUT2D eigenvalue weighted by atomic mass is 16.3. The average molecular weight is 196 g/mol. The van der Waals surface area contributed by atoms with Gasteiger partial charge in [0.2, 0.25) is 0 Å². The SMILES string of the molecule is CC1=Cc2cc(CO)cc3cccc1c23. The molecule has 1 N–H and O–H groups in total. The van der Waals surface area contributed by atoms with Gasteiger partial charge in [-0.25, -0.2) is 0 Å². The summed E-state index contributed by atoms with van der Waals surface area (Å²) in [4.78, 5) is 0. The van der Waals surface area contributed by atoms with Gasteiger partial charge in [0.25, 0.3) is 0 Å². The zero-order valence-corrected chi connectivity index (χ0v) is 8.62. The van der Waals surface area contributed by atoms with E-state index in [2.05, 4.69) is 43.3 Å². The lowest BCUT2D eigenvalue weighted by molar-refractivity contribution is 0.282. The van der Waals surface area contributed by atoms with Gasteiger partial charge in [0.15, 0.2) is 0 Å². The first-order valence-electron chi connectivity index (χ1n) is 5.15. The largest absolute Gasteiger partial charge is 0.392 e. The molecule has 15 heavy (non-hydrogen) atoms. The molecule has 0 heterocycles. The molecule has 1 heteroatoms. The van der Waals surface area contributed by atoms with Gasteiger partial charge in [-0.15, -0.1) is 0 Å². The van der Waals surface area contributed by atoms with Crippen molar-refractivity contribution in [1.29, 1.82) is 0 Å². The van der Waals surface area contributed by atoms with Gasteiger partial charge in [0, 0.05) is 0 Å². The van der Waals surface area contributed by atoms with E-state index < -0.39 is 0 Å². The van der Waals surface area contributed by atoms with Gasteiger partial charge in [0.05, 0.1) is 6.61 Å². The molecule has 0 amide bonds. The van der Waals surface area contributed by atoms with Gasteiger partial charge in [0.1, 0.15) is 0 Å². The van der Waals surface area contributed by atoms with Crippen molar-refractivity contribution in [3.05, 3.63) is 47.0 Å². The predicted octanol–water partition coefficient (Wildman–Crippen LogP) is 3.21. The van der Waals surface area contributed by atoms with Crippen LogP contribution in [0.2, 0.25) is 0 Å². The number of benzene rings is 2. The maximum Gasteiger partial charge on any atom is 0.0682 e. The normalized spacial score (nSPS) is 13.3. The maximum absolute atomic E-state index is 9.18. The molecule has 1 aliphatic carbocycles. The number of aliphatic hydroxyl groups excluding tert-OH is 1. The molecule has 0 saturated heterocycles. The molecule has 0 fully saturated rings. The Kier molecular flexibility index (Phi) is 1.70. The second-order valence-electron chi connectivity index (χ2n) is 4.07. The molecule has 74 valence electrons. The smallest absolute Gasteiger partial charge is 0.0682 e. The molecule has 1 aliphatic rings. The van der Waals surface area contributed by atoms with E-state index in [9.17, 15) is 5.11 Å². The zero-order valence-electron chi connectivity index (χ0n) is 8.62. The van der Waals surface area contributed by atoms with Gasteiger partial charge in [-0.3, -0.25) is 0 Å². The summed E-state index contributed by atoms with van der Waals surface area (Å²) in [6.45, 7) is 2.24. The Morgan fingerprint density at radius 2 is 2.07 bits per heavy atom. The van der Waals surface area contributed by atoms with Crippen LogP contribution in [0.3, 0.4) is 0 Å². The number of hydrogen-bond donors (Lipinski definition) is 1. The topological polar surface area (TPSA) is 20.2 Å². The van der Waals surface area contributed by atoms with Crippen LogP contribution in [0.4, 0.5) is 0 Å². The fourth-order valence-electron chi connectivity index (χ4n) is 2.37. The van der Waals surface area contributed by atoms with E-state index >= 15 is 0 Å². The minimum absolute atomic E-state index is 0.111. The van der Waals surface area contributed by atoms with Crippen LogP contribution < -0.4 is 0 Å². The van der Waals surface area contributed by atoms with Gasteiger partial charge >= 0.3 is 0 Å². The first-order valence-corrected chi connectivity index (χ1v) is 5.15. The summed E-state index contributed by atoms with van der Waals surface area (Å²) in [5.41, 5.74) is 4.86. The van der Waals surface area contributed by atoms with Crippen LogP contribution in [-0.4, -0.2) is 5.11 Å². The van der Waals surface area contributed by atoms with E-state index in [4.69, 9.17) is 0 Å². The van der Waals surface area contributed by atoms with Crippen molar-refractivity contribution in [3.63, 3.8) is 0 Å². The number of rotatable bonds is 1. The monoisotopic (exact) mass is 196 g/mol. The molecule has 2 aromatic carbocycles. The summed E-state index contributed by atoms with van der Waals surface area (Å²) in [7, 11) is 0. The third-order valence-corrected chi connectivity index (χ3v) is 3.05. The molecule has 0 atom stereocenters. The zero-order chi connectivity index (χ0) is 10.4. The third kappa shape index (κ3) is 1.13. The lowest BCUT2D eigenvalue weighted by Crippen LogP contribution is -1.86. The molecule has 1 nitrogen and oxygen atoms in total. The van der Waals surface area contributed by atoms with Crippen molar-refractivity contribution in [1.82, 2.24) is 0 Å². The second-order valence-corrected chi connectivity index (χ2v) is 4.07. The van der Waals surface area contributed by atoms with Crippen molar-refractivity contribution in [2.75, 3.05) is 0 Å². The fraction of sp³-hybridized carbons (Fsp3) is 0.143. The fourth-order valence-corrected chi connectivity index (χ4v) is 2.37. The van der Waals surface area contributed by atoms with E-state index in [0.29, 0.717) is 0 Å². The number of allylic oxidation sites excluding steroid dienone is 1. The van der Waals surface area contributed by atoms with Gasteiger partial charge in [-0.05, 0) is 52.1 Å². The summed E-state index contributed by atoms with van der Waals surface area (Å²) in [5, 5.41) is 11.7. The van der Waals surface area contributed by atoms with Crippen molar-refractivity contribution < 1.29 is 5.11 Å². The highest BCUT2D eigenvalue weighted by molar-refractivity contribution is 6.08. The van der Waals surface area contributed by atoms with Crippen LogP contribution in [-0.2, 0) is 6.61 Å². The maximum atomic E-state index is 9.18. The molecule has 0 saturated carbocycles. The van der Waals surface area contributed by atoms with E-state index in [1.165, 1.54) is 27.5 Å². The summed E-state index contributed by atoms with van der Waals surface area (Å²) in [6, 6.07) is 10.5. The molecular formula is C14H12O. The first kappa shape index (κ1) is 8.69. The summed E-state index contributed by atoms with van der Waals surface area (Å²) in [5.74, 6) is 0. The van der Waals surface area contributed by atoms with Gasteiger partial charge in [-0.1, -0.05) is 24.3 Å². The molecule has 0 unspecified atom stereocenters. The quantitative estimate of drug-likeness (QED) is 0.742. The number of aliphatic hydroxyl groups is 1. The minimum atomic E-state index is 0.111. The Morgan fingerprint density at radius 3 is 2.87 bits per heavy atom. The van der Waals surface area contributed by atoms with Crippen molar-refractivity contribution >= 4 is 22.4 Å².